The molecule has 0 fully saturated rings. The van der Waals surface area contributed by atoms with Crippen LogP contribution in [0.5, 0.6) is 0 Å². The van der Waals surface area contributed by atoms with Gasteiger partial charge < -0.3 is 0 Å². The first-order valence-corrected chi connectivity index (χ1v) is 6.66. The maximum atomic E-state index is 11.3. The third-order valence-corrected chi connectivity index (χ3v) is 4.06. The zero-order valence-electron chi connectivity index (χ0n) is 7.63. The summed E-state index contributed by atoms with van der Waals surface area (Å²) in [7, 11) is -3.05. The Morgan fingerprint density at radius 1 is 1.29 bits per heavy atom. The molecule has 0 spiro atoms. The van der Waals surface area contributed by atoms with E-state index in [0.29, 0.717) is 15.6 Å². The van der Waals surface area contributed by atoms with E-state index in [-0.39, 0.29) is 11.5 Å². The molecule has 1 rings (SSSR count). The zero-order valence-corrected chi connectivity index (χ0v) is 9.96. The highest BCUT2D eigenvalue weighted by molar-refractivity contribution is 7.90. The molecule has 0 aliphatic rings. The third-order valence-electron chi connectivity index (χ3n) is 1.82. The quantitative estimate of drug-likeness (QED) is 0.829. The molecule has 78 valence electrons. The van der Waals surface area contributed by atoms with Crippen molar-refractivity contribution in [2.24, 2.45) is 0 Å². The molecule has 2 nitrogen and oxygen atoms in total. The summed E-state index contributed by atoms with van der Waals surface area (Å²) in [5, 5.41) is 0.933. The minimum absolute atomic E-state index is 0.0527. The fourth-order valence-corrected chi connectivity index (χ4v) is 2.37. The zero-order chi connectivity index (χ0) is 10.8. The van der Waals surface area contributed by atoms with E-state index in [1.165, 1.54) is 0 Å². The SMILES string of the molecule is CCS(=O)(=O)Cc1cc(Cl)ccc1Cl. The van der Waals surface area contributed by atoms with Gasteiger partial charge in [0, 0.05) is 15.8 Å². The predicted octanol–water partition coefficient (Wildman–Crippen LogP) is 2.93. The number of hydrogen-bond acceptors (Lipinski definition) is 2. The lowest BCUT2D eigenvalue weighted by Crippen LogP contribution is -2.06. The van der Waals surface area contributed by atoms with Gasteiger partial charge in [0.1, 0.15) is 0 Å². The Hall–Kier alpha value is -0.250. The fourth-order valence-electron chi connectivity index (χ4n) is 0.993. The van der Waals surface area contributed by atoms with Crippen molar-refractivity contribution >= 4 is 33.0 Å². The second kappa shape index (κ2) is 4.51. The number of rotatable bonds is 3. The van der Waals surface area contributed by atoms with Crippen molar-refractivity contribution in [3.8, 4) is 0 Å². The van der Waals surface area contributed by atoms with Crippen molar-refractivity contribution in [2.75, 3.05) is 5.75 Å². The summed E-state index contributed by atoms with van der Waals surface area (Å²) in [6.07, 6.45) is 0. The average molecular weight is 253 g/mol. The van der Waals surface area contributed by atoms with Gasteiger partial charge in [0.15, 0.2) is 9.84 Å². The molecule has 0 radical (unpaired) electrons. The number of sulfone groups is 1. The molecule has 0 aromatic heterocycles. The van der Waals surface area contributed by atoms with E-state index in [0.717, 1.165) is 0 Å². The molecular weight excluding hydrogens is 243 g/mol. The van der Waals surface area contributed by atoms with Crippen molar-refractivity contribution in [1.82, 2.24) is 0 Å². The first kappa shape index (κ1) is 11.8. The van der Waals surface area contributed by atoms with Crippen molar-refractivity contribution in [3.63, 3.8) is 0 Å². The van der Waals surface area contributed by atoms with E-state index >= 15 is 0 Å². The first-order valence-electron chi connectivity index (χ1n) is 4.09. The van der Waals surface area contributed by atoms with Gasteiger partial charge in [-0.1, -0.05) is 30.1 Å². The van der Waals surface area contributed by atoms with Crippen LogP contribution in [0.3, 0.4) is 0 Å². The van der Waals surface area contributed by atoms with Gasteiger partial charge in [0.2, 0.25) is 0 Å². The lowest BCUT2D eigenvalue weighted by molar-refractivity contribution is 0.596. The maximum Gasteiger partial charge on any atom is 0.154 e. The summed E-state index contributed by atoms with van der Waals surface area (Å²) in [5.74, 6) is 0.0543. The third kappa shape index (κ3) is 3.15. The molecule has 14 heavy (non-hydrogen) atoms. The standard InChI is InChI=1S/C9H10Cl2O2S/c1-2-14(12,13)6-7-5-8(10)3-4-9(7)11/h3-5H,2,6H2,1H3. The Morgan fingerprint density at radius 3 is 2.50 bits per heavy atom. The molecule has 0 atom stereocenters. The predicted molar refractivity (Wildman–Crippen MR) is 59.6 cm³/mol. The van der Waals surface area contributed by atoms with Crippen molar-refractivity contribution in [1.29, 1.82) is 0 Å². The normalized spacial score (nSPS) is 11.6. The molecule has 1 aromatic rings. The van der Waals surface area contributed by atoms with Gasteiger partial charge in [-0.25, -0.2) is 8.42 Å². The number of halogens is 2. The van der Waals surface area contributed by atoms with E-state index in [1.54, 1.807) is 25.1 Å². The molecule has 0 saturated heterocycles. The molecule has 0 aliphatic heterocycles. The summed E-state index contributed by atoms with van der Waals surface area (Å²) in [6, 6.07) is 4.81. The van der Waals surface area contributed by atoms with E-state index in [2.05, 4.69) is 0 Å². The maximum absolute atomic E-state index is 11.3. The molecule has 0 N–H and O–H groups in total. The van der Waals surface area contributed by atoms with Crippen LogP contribution >= 0.6 is 23.2 Å². The molecule has 0 bridgehead atoms. The van der Waals surface area contributed by atoms with E-state index < -0.39 is 9.84 Å². The minimum Gasteiger partial charge on any atom is -0.229 e. The van der Waals surface area contributed by atoms with Gasteiger partial charge in [-0.05, 0) is 23.8 Å². The monoisotopic (exact) mass is 252 g/mol. The average Bonchev–Trinajstić information content (AvgIpc) is 2.11. The fraction of sp³-hybridized carbons (Fsp3) is 0.333. The van der Waals surface area contributed by atoms with E-state index in [9.17, 15) is 8.42 Å². The highest BCUT2D eigenvalue weighted by Gasteiger charge is 2.11. The molecule has 0 unspecified atom stereocenters. The molecule has 0 amide bonds. The lowest BCUT2D eigenvalue weighted by atomic mass is 10.2. The van der Waals surface area contributed by atoms with Gasteiger partial charge in [0.05, 0.1) is 5.75 Å². The molecular formula is C9H10Cl2O2S. The van der Waals surface area contributed by atoms with Gasteiger partial charge >= 0.3 is 0 Å². The Kier molecular flexibility index (Phi) is 3.81. The van der Waals surface area contributed by atoms with Crippen LogP contribution in [0.15, 0.2) is 18.2 Å². The van der Waals surface area contributed by atoms with Crippen LogP contribution in [-0.4, -0.2) is 14.2 Å². The lowest BCUT2D eigenvalue weighted by Gasteiger charge is -2.04. The van der Waals surface area contributed by atoms with Crippen LogP contribution in [0, 0.1) is 0 Å². The van der Waals surface area contributed by atoms with E-state index in [1.807, 2.05) is 0 Å². The van der Waals surface area contributed by atoms with Crippen LogP contribution in [0.2, 0.25) is 10.0 Å². The summed E-state index contributed by atoms with van der Waals surface area (Å²) >= 11 is 11.6. The summed E-state index contributed by atoms with van der Waals surface area (Å²) in [6.45, 7) is 1.60. The summed E-state index contributed by atoms with van der Waals surface area (Å²) in [4.78, 5) is 0. The van der Waals surface area contributed by atoms with Crippen LogP contribution in [0.1, 0.15) is 12.5 Å². The molecule has 0 heterocycles. The smallest absolute Gasteiger partial charge is 0.154 e. The Morgan fingerprint density at radius 2 is 1.93 bits per heavy atom. The van der Waals surface area contributed by atoms with Gasteiger partial charge in [-0.3, -0.25) is 0 Å². The molecule has 0 aliphatic carbocycles. The summed E-state index contributed by atoms with van der Waals surface area (Å²) in [5.41, 5.74) is 0.556. The van der Waals surface area contributed by atoms with Crippen molar-refractivity contribution in [3.05, 3.63) is 33.8 Å². The molecule has 1 aromatic carbocycles. The Bertz CT molecular complexity index is 426. The Balaban J connectivity index is 3.03. The summed E-state index contributed by atoms with van der Waals surface area (Å²) < 4.78 is 22.7. The number of hydrogen-bond donors (Lipinski definition) is 0. The second-order valence-corrected chi connectivity index (χ2v) is 6.11. The Labute approximate surface area is 93.8 Å². The van der Waals surface area contributed by atoms with Gasteiger partial charge in [-0.2, -0.15) is 0 Å². The van der Waals surface area contributed by atoms with Crippen molar-refractivity contribution in [2.45, 2.75) is 12.7 Å². The largest absolute Gasteiger partial charge is 0.229 e. The topological polar surface area (TPSA) is 34.1 Å². The first-order chi connectivity index (χ1) is 6.44. The van der Waals surface area contributed by atoms with E-state index in [4.69, 9.17) is 23.2 Å². The highest BCUT2D eigenvalue weighted by atomic mass is 35.5. The van der Waals surface area contributed by atoms with Gasteiger partial charge in [0.25, 0.3) is 0 Å². The van der Waals surface area contributed by atoms with Gasteiger partial charge in [-0.15, -0.1) is 0 Å². The molecule has 0 saturated carbocycles. The van der Waals surface area contributed by atoms with Crippen LogP contribution < -0.4 is 0 Å². The van der Waals surface area contributed by atoms with Crippen LogP contribution in [0.25, 0.3) is 0 Å². The minimum atomic E-state index is -3.05. The molecule has 5 heteroatoms. The van der Waals surface area contributed by atoms with Crippen LogP contribution in [-0.2, 0) is 15.6 Å². The van der Waals surface area contributed by atoms with Crippen molar-refractivity contribution < 1.29 is 8.42 Å². The number of benzene rings is 1. The highest BCUT2D eigenvalue weighted by Crippen LogP contribution is 2.22. The second-order valence-electron chi connectivity index (χ2n) is 2.91. The van der Waals surface area contributed by atoms with Crippen LogP contribution in [0.4, 0.5) is 0 Å².